The number of hydrogen-bond acceptors (Lipinski definition) is 4. The molecule has 2 unspecified atom stereocenters. The lowest BCUT2D eigenvalue weighted by atomic mass is 10.1. The maximum Gasteiger partial charge on any atom is 0.147 e. The summed E-state index contributed by atoms with van der Waals surface area (Å²) in [4.78, 5) is 2.21. The smallest absolute Gasteiger partial charge is 0.147 e. The number of benzene rings is 1. The number of rotatable bonds is 3. The molecule has 1 aliphatic heterocycles. The Morgan fingerprint density at radius 3 is 3.05 bits per heavy atom. The molecule has 2 aliphatic rings. The van der Waals surface area contributed by atoms with Crippen LogP contribution in [0.3, 0.4) is 0 Å². The van der Waals surface area contributed by atoms with Gasteiger partial charge in [0.1, 0.15) is 11.6 Å². The van der Waals surface area contributed by atoms with Crippen LogP contribution in [0.15, 0.2) is 24.3 Å². The molecule has 0 saturated carbocycles. The predicted octanol–water partition coefficient (Wildman–Crippen LogP) is 1.31. The first-order chi connectivity index (χ1) is 10.2. The van der Waals surface area contributed by atoms with Gasteiger partial charge in [-0.1, -0.05) is 24.3 Å². The number of hydrogen-bond donors (Lipinski definition) is 1. The van der Waals surface area contributed by atoms with Gasteiger partial charge >= 0.3 is 0 Å². The SMILES string of the molecule is CN(Cc1nnc2n1CCC2)C1Cc2ccccc2C1O. The first kappa shape index (κ1) is 13.0. The molecule has 0 saturated heterocycles. The summed E-state index contributed by atoms with van der Waals surface area (Å²) in [6.45, 7) is 1.77. The Labute approximate surface area is 124 Å². The number of aryl methyl sites for hydroxylation is 1. The zero-order valence-electron chi connectivity index (χ0n) is 12.2. The van der Waals surface area contributed by atoms with Crippen LogP contribution in [0.25, 0.3) is 0 Å². The minimum Gasteiger partial charge on any atom is -0.387 e. The van der Waals surface area contributed by atoms with E-state index in [4.69, 9.17) is 0 Å². The molecule has 5 heteroatoms. The average Bonchev–Trinajstić information content (AvgIpc) is 3.16. The lowest BCUT2D eigenvalue weighted by Crippen LogP contribution is -2.35. The van der Waals surface area contributed by atoms with Gasteiger partial charge in [-0.2, -0.15) is 0 Å². The van der Waals surface area contributed by atoms with Gasteiger partial charge in [-0.3, -0.25) is 4.90 Å². The van der Waals surface area contributed by atoms with Crippen LogP contribution in [-0.2, 0) is 25.9 Å². The van der Waals surface area contributed by atoms with Gasteiger partial charge in [0.05, 0.1) is 12.6 Å². The standard InChI is InChI=1S/C16H20N4O/c1-19(10-15-18-17-14-7-4-8-20(14)15)13-9-11-5-2-3-6-12(11)16(13)21/h2-3,5-6,13,16,21H,4,7-10H2,1H3. The van der Waals surface area contributed by atoms with E-state index in [-0.39, 0.29) is 6.04 Å². The Morgan fingerprint density at radius 2 is 2.19 bits per heavy atom. The first-order valence-electron chi connectivity index (χ1n) is 7.61. The van der Waals surface area contributed by atoms with E-state index in [1.54, 1.807) is 0 Å². The zero-order valence-corrected chi connectivity index (χ0v) is 12.2. The van der Waals surface area contributed by atoms with Crippen LogP contribution in [0.1, 0.15) is 35.3 Å². The van der Waals surface area contributed by atoms with Crippen molar-refractivity contribution in [3.8, 4) is 0 Å². The third-order valence-corrected chi connectivity index (χ3v) is 4.81. The number of nitrogens with zero attached hydrogens (tertiary/aromatic N) is 4. The monoisotopic (exact) mass is 284 g/mol. The molecule has 2 aromatic rings. The molecule has 21 heavy (non-hydrogen) atoms. The first-order valence-corrected chi connectivity index (χ1v) is 7.61. The summed E-state index contributed by atoms with van der Waals surface area (Å²) >= 11 is 0. The zero-order chi connectivity index (χ0) is 14.4. The summed E-state index contributed by atoms with van der Waals surface area (Å²) in [6, 6.07) is 8.30. The van der Waals surface area contributed by atoms with E-state index in [9.17, 15) is 5.11 Å². The minimum absolute atomic E-state index is 0.122. The van der Waals surface area contributed by atoms with Gasteiger partial charge in [-0.15, -0.1) is 10.2 Å². The highest BCUT2D eigenvalue weighted by molar-refractivity contribution is 5.35. The largest absolute Gasteiger partial charge is 0.387 e. The molecular formula is C16H20N4O. The maximum atomic E-state index is 10.5. The second-order valence-corrected chi connectivity index (χ2v) is 6.12. The fraction of sp³-hybridized carbons (Fsp3) is 0.500. The van der Waals surface area contributed by atoms with Crippen molar-refractivity contribution in [3.05, 3.63) is 47.0 Å². The lowest BCUT2D eigenvalue weighted by Gasteiger charge is -2.26. The van der Waals surface area contributed by atoms with E-state index < -0.39 is 6.10 Å². The molecule has 5 nitrogen and oxygen atoms in total. The summed E-state index contributed by atoms with van der Waals surface area (Å²) in [5.74, 6) is 2.13. The summed E-state index contributed by atoms with van der Waals surface area (Å²) in [6.07, 6.45) is 2.69. The van der Waals surface area contributed by atoms with Gasteiger partial charge in [0.25, 0.3) is 0 Å². The van der Waals surface area contributed by atoms with E-state index in [0.29, 0.717) is 0 Å². The van der Waals surface area contributed by atoms with E-state index in [0.717, 1.165) is 43.1 Å². The number of fused-ring (bicyclic) bond motifs is 2. The molecule has 0 radical (unpaired) electrons. The molecule has 0 amide bonds. The van der Waals surface area contributed by atoms with Gasteiger partial charge in [0, 0.05) is 19.0 Å². The normalized spacial score (nSPS) is 23.6. The average molecular weight is 284 g/mol. The van der Waals surface area contributed by atoms with Crippen molar-refractivity contribution in [2.45, 2.75) is 44.5 Å². The van der Waals surface area contributed by atoms with Crippen LogP contribution < -0.4 is 0 Å². The van der Waals surface area contributed by atoms with Crippen molar-refractivity contribution in [2.24, 2.45) is 0 Å². The molecule has 4 rings (SSSR count). The molecule has 1 N–H and O–H groups in total. The number of likely N-dealkylation sites (N-methyl/N-ethyl adjacent to an activating group) is 1. The van der Waals surface area contributed by atoms with Crippen LogP contribution >= 0.6 is 0 Å². The van der Waals surface area contributed by atoms with E-state index >= 15 is 0 Å². The van der Waals surface area contributed by atoms with E-state index in [2.05, 4.69) is 32.8 Å². The molecular weight excluding hydrogens is 264 g/mol. The van der Waals surface area contributed by atoms with Gasteiger partial charge in [0.2, 0.25) is 0 Å². The molecule has 0 fully saturated rings. The molecule has 2 atom stereocenters. The number of aliphatic hydroxyl groups is 1. The molecule has 1 aromatic heterocycles. The minimum atomic E-state index is -0.410. The van der Waals surface area contributed by atoms with Crippen molar-refractivity contribution in [1.29, 1.82) is 0 Å². The fourth-order valence-corrected chi connectivity index (χ4v) is 3.62. The Kier molecular flexibility index (Phi) is 3.05. The van der Waals surface area contributed by atoms with E-state index in [1.807, 2.05) is 18.2 Å². The van der Waals surface area contributed by atoms with Crippen molar-refractivity contribution >= 4 is 0 Å². The van der Waals surface area contributed by atoms with Crippen molar-refractivity contribution in [1.82, 2.24) is 19.7 Å². The van der Waals surface area contributed by atoms with Crippen molar-refractivity contribution in [3.63, 3.8) is 0 Å². The molecule has 2 heterocycles. The lowest BCUT2D eigenvalue weighted by molar-refractivity contribution is 0.0702. The second-order valence-electron chi connectivity index (χ2n) is 6.12. The van der Waals surface area contributed by atoms with E-state index in [1.165, 1.54) is 12.0 Å². The van der Waals surface area contributed by atoms with Gasteiger partial charge in [0.15, 0.2) is 0 Å². The third-order valence-electron chi connectivity index (χ3n) is 4.81. The van der Waals surface area contributed by atoms with Crippen LogP contribution in [0.2, 0.25) is 0 Å². The predicted molar refractivity (Wildman–Crippen MR) is 78.7 cm³/mol. The highest BCUT2D eigenvalue weighted by atomic mass is 16.3. The second kappa shape index (κ2) is 4.93. The maximum absolute atomic E-state index is 10.5. The summed E-state index contributed by atoms with van der Waals surface area (Å²) < 4.78 is 2.23. The Balaban J connectivity index is 1.52. The van der Waals surface area contributed by atoms with Gasteiger partial charge in [-0.25, -0.2) is 0 Å². The summed E-state index contributed by atoms with van der Waals surface area (Å²) in [5.41, 5.74) is 2.33. The third kappa shape index (κ3) is 2.08. The van der Waals surface area contributed by atoms with Crippen LogP contribution in [0.4, 0.5) is 0 Å². The molecule has 110 valence electrons. The van der Waals surface area contributed by atoms with Crippen molar-refractivity contribution in [2.75, 3.05) is 7.05 Å². The molecule has 0 spiro atoms. The fourth-order valence-electron chi connectivity index (χ4n) is 3.62. The quantitative estimate of drug-likeness (QED) is 0.923. The Hall–Kier alpha value is -1.72. The molecule has 1 aromatic carbocycles. The number of aliphatic hydroxyl groups excluding tert-OH is 1. The van der Waals surface area contributed by atoms with Crippen LogP contribution in [0, 0.1) is 0 Å². The van der Waals surface area contributed by atoms with Gasteiger partial charge in [-0.05, 0) is 31.0 Å². The van der Waals surface area contributed by atoms with Crippen LogP contribution in [-0.4, -0.2) is 37.9 Å². The summed E-state index contributed by atoms with van der Waals surface area (Å²) in [7, 11) is 2.07. The van der Waals surface area contributed by atoms with Crippen LogP contribution in [0.5, 0.6) is 0 Å². The Morgan fingerprint density at radius 1 is 1.33 bits per heavy atom. The number of aromatic nitrogens is 3. The summed E-state index contributed by atoms with van der Waals surface area (Å²) in [5, 5.41) is 19.1. The topological polar surface area (TPSA) is 54.2 Å². The molecule has 1 aliphatic carbocycles. The van der Waals surface area contributed by atoms with Gasteiger partial charge < -0.3 is 9.67 Å². The Bertz CT molecular complexity index is 666. The molecule has 0 bridgehead atoms. The van der Waals surface area contributed by atoms with Crippen molar-refractivity contribution < 1.29 is 5.11 Å². The highest BCUT2D eigenvalue weighted by Crippen LogP contribution is 2.34. The highest BCUT2D eigenvalue weighted by Gasteiger charge is 2.34.